The summed E-state index contributed by atoms with van der Waals surface area (Å²) < 4.78 is 29.7. The maximum atomic E-state index is 11.3. The molecule has 0 saturated heterocycles. The van der Waals surface area contributed by atoms with E-state index in [4.69, 9.17) is 0 Å². The van der Waals surface area contributed by atoms with Crippen LogP contribution in [0.25, 0.3) is 0 Å². The number of hydrogen-bond acceptors (Lipinski definition) is 1. The number of rotatable bonds is 1. The van der Waals surface area contributed by atoms with E-state index in [0.717, 1.165) is 25.5 Å². The van der Waals surface area contributed by atoms with Crippen molar-refractivity contribution >= 4 is 9.63 Å². The van der Waals surface area contributed by atoms with E-state index in [1.165, 1.54) is 0 Å². The molecule has 0 bridgehead atoms. The molecule has 2 N–H and O–H groups in total. The van der Waals surface area contributed by atoms with Gasteiger partial charge in [0.1, 0.15) is 0 Å². The average Bonchev–Trinajstić information content (AvgIpc) is 1.86. The summed E-state index contributed by atoms with van der Waals surface area (Å²) in [6, 6.07) is 0. The van der Waals surface area contributed by atoms with Gasteiger partial charge in [-0.05, 0) is 12.8 Å². The van der Waals surface area contributed by atoms with Crippen LogP contribution >= 0.6 is 0 Å². The van der Waals surface area contributed by atoms with Gasteiger partial charge in [0, 0.05) is 6.26 Å². The monoisotopic (exact) mass is 180 g/mol. The van der Waals surface area contributed by atoms with Crippen LogP contribution in [0.5, 0.6) is 0 Å². The highest BCUT2D eigenvalue weighted by atomic mass is 32.3. The van der Waals surface area contributed by atoms with Crippen LogP contribution in [0.1, 0.15) is 32.1 Å². The quantitative estimate of drug-likeness (QED) is 0.646. The van der Waals surface area contributed by atoms with Gasteiger partial charge in [0.15, 0.2) is 0 Å². The van der Waals surface area contributed by atoms with E-state index in [1.807, 2.05) is 0 Å². The highest BCUT2D eigenvalue weighted by molar-refractivity contribution is 8.10. The summed E-state index contributed by atoms with van der Waals surface area (Å²) in [5.74, 6) is 0. The fraction of sp³-hybridized carbons (Fsp3) is 1.00. The molecule has 0 atom stereocenters. The van der Waals surface area contributed by atoms with Gasteiger partial charge in [0.2, 0.25) is 0 Å². The minimum Gasteiger partial charge on any atom is -0.308 e. The highest BCUT2D eigenvalue weighted by Crippen LogP contribution is 2.32. The first-order valence-corrected chi connectivity index (χ1v) is 6.34. The standard InChI is InChI=1S/C7H16O3S/c1-11(8,9,10)7-5-3-2-4-6-7/h7H,2-6H2,1H3,(H2,8,9,10). The van der Waals surface area contributed by atoms with E-state index in [-0.39, 0.29) is 5.25 Å². The summed E-state index contributed by atoms with van der Waals surface area (Å²) in [6.45, 7) is 0. The second-order valence-corrected chi connectivity index (χ2v) is 6.84. The van der Waals surface area contributed by atoms with Crippen LogP contribution < -0.4 is 0 Å². The maximum absolute atomic E-state index is 11.3. The Bertz CT molecular complexity index is 189. The van der Waals surface area contributed by atoms with Crippen molar-refractivity contribution in [2.24, 2.45) is 0 Å². The van der Waals surface area contributed by atoms with Gasteiger partial charge < -0.3 is 9.11 Å². The van der Waals surface area contributed by atoms with Crippen LogP contribution in [0.15, 0.2) is 0 Å². The fourth-order valence-electron chi connectivity index (χ4n) is 1.61. The molecule has 0 spiro atoms. The molecule has 11 heavy (non-hydrogen) atoms. The van der Waals surface area contributed by atoms with Crippen molar-refractivity contribution in [1.82, 2.24) is 0 Å². The maximum Gasteiger partial charge on any atom is 0.0826 e. The van der Waals surface area contributed by atoms with Gasteiger partial charge in [-0.25, -0.2) is 4.21 Å². The third-order valence-electron chi connectivity index (χ3n) is 2.32. The molecular formula is C7H16O3S. The molecule has 3 nitrogen and oxygen atoms in total. The molecule has 4 heteroatoms. The van der Waals surface area contributed by atoms with Crippen molar-refractivity contribution in [3.05, 3.63) is 0 Å². The molecular weight excluding hydrogens is 164 g/mol. The lowest BCUT2D eigenvalue weighted by Crippen LogP contribution is -2.43. The zero-order valence-electron chi connectivity index (χ0n) is 6.82. The second-order valence-electron chi connectivity index (χ2n) is 3.57. The second kappa shape index (κ2) is 2.54. The van der Waals surface area contributed by atoms with Crippen LogP contribution in [0.2, 0.25) is 0 Å². The van der Waals surface area contributed by atoms with Crippen molar-refractivity contribution in [1.29, 1.82) is 0 Å². The molecule has 1 aliphatic carbocycles. The van der Waals surface area contributed by atoms with Crippen LogP contribution in [0, 0.1) is 0 Å². The van der Waals surface area contributed by atoms with E-state index in [9.17, 15) is 13.3 Å². The summed E-state index contributed by atoms with van der Waals surface area (Å²) in [4.78, 5) is 0. The lowest BCUT2D eigenvalue weighted by Gasteiger charge is -2.37. The molecule has 0 aliphatic heterocycles. The first-order valence-electron chi connectivity index (χ1n) is 3.99. The Morgan fingerprint density at radius 1 is 1.18 bits per heavy atom. The van der Waals surface area contributed by atoms with Gasteiger partial charge in [-0.1, -0.05) is 19.3 Å². The fourth-order valence-corrected chi connectivity index (χ4v) is 3.03. The largest absolute Gasteiger partial charge is 0.308 e. The molecule has 0 unspecified atom stereocenters. The van der Waals surface area contributed by atoms with Crippen LogP contribution in [0.4, 0.5) is 0 Å². The molecule has 1 rings (SSSR count). The Morgan fingerprint density at radius 2 is 1.64 bits per heavy atom. The van der Waals surface area contributed by atoms with E-state index in [1.54, 1.807) is 0 Å². The molecule has 0 heterocycles. The van der Waals surface area contributed by atoms with Crippen LogP contribution in [0.3, 0.4) is 0 Å². The lowest BCUT2D eigenvalue weighted by molar-refractivity contribution is 0.357. The average molecular weight is 180 g/mol. The zero-order valence-corrected chi connectivity index (χ0v) is 7.64. The molecule has 68 valence electrons. The van der Waals surface area contributed by atoms with Gasteiger partial charge in [-0.15, -0.1) is 0 Å². The zero-order chi connectivity index (χ0) is 8.56. The van der Waals surface area contributed by atoms with Crippen LogP contribution in [-0.2, 0) is 9.63 Å². The van der Waals surface area contributed by atoms with Crippen molar-refractivity contribution in [3.8, 4) is 0 Å². The van der Waals surface area contributed by atoms with E-state index < -0.39 is 9.63 Å². The minimum absolute atomic E-state index is 0.388. The van der Waals surface area contributed by atoms with Gasteiger partial charge in [0.25, 0.3) is 0 Å². The lowest BCUT2D eigenvalue weighted by atomic mass is 10.0. The molecule has 0 aromatic carbocycles. The summed E-state index contributed by atoms with van der Waals surface area (Å²) in [7, 11) is -4.23. The molecule has 0 aromatic rings. The Morgan fingerprint density at radius 3 is 1.91 bits per heavy atom. The Labute approximate surface area is 67.2 Å². The molecule has 1 aliphatic rings. The molecule has 1 saturated carbocycles. The summed E-state index contributed by atoms with van der Waals surface area (Å²) in [6.07, 6.45) is 5.50. The van der Waals surface area contributed by atoms with E-state index >= 15 is 0 Å². The smallest absolute Gasteiger partial charge is 0.0826 e. The van der Waals surface area contributed by atoms with E-state index in [0.29, 0.717) is 12.8 Å². The molecule has 0 aromatic heterocycles. The number of hydrogen-bond donors (Lipinski definition) is 2. The highest BCUT2D eigenvalue weighted by Gasteiger charge is 2.35. The topological polar surface area (TPSA) is 57.5 Å². The SMILES string of the molecule is CS(=O)(O)(O)C1CCCCC1. The first kappa shape index (κ1) is 9.16. The van der Waals surface area contributed by atoms with Crippen molar-refractivity contribution < 1.29 is 13.3 Å². The first-order chi connectivity index (χ1) is 4.86. The Kier molecular flexibility index (Phi) is 2.11. The van der Waals surface area contributed by atoms with Gasteiger partial charge in [-0.2, -0.15) is 0 Å². The van der Waals surface area contributed by atoms with Gasteiger partial charge in [-0.3, -0.25) is 0 Å². The predicted octanol–water partition coefficient (Wildman–Crippen LogP) is 1.72. The summed E-state index contributed by atoms with van der Waals surface area (Å²) in [5.41, 5.74) is 0. The predicted molar refractivity (Wildman–Crippen MR) is 46.2 cm³/mol. The third kappa shape index (κ3) is 2.54. The van der Waals surface area contributed by atoms with Gasteiger partial charge in [0.05, 0.1) is 14.9 Å². The Balaban J connectivity index is 2.67. The Hall–Kier alpha value is 0.0700. The summed E-state index contributed by atoms with van der Waals surface area (Å²) in [5, 5.41) is -0.388. The van der Waals surface area contributed by atoms with Crippen molar-refractivity contribution in [2.75, 3.05) is 6.26 Å². The van der Waals surface area contributed by atoms with Gasteiger partial charge >= 0.3 is 0 Å². The van der Waals surface area contributed by atoms with Crippen molar-refractivity contribution in [3.63, 3.8) is 0 Å². The third-order valence-corrected chi connectivity index (χ3v) is 4.33. The molecule has 1 fully saturated rings. The van der Waals surface area contributed by atoms with E-state index in [2.05, 4.69) is 0 Å². The molecule has 0 radical (unpaired) electrons. The summed E-state index contributed by atoms with van der Waals surface area (Å²) >= 11 is 0. The normalized spacial score (nSPS) is 25.9. The van der Waals surface area contributed by atoms with Crippen molar-refractivity contribution in [2.45, 2.75) is 37.4 Å². The van der Waals surface area contributed by atoms with Crippen LogP contribution in [-0.4, -0.2) is 24.8 Å². The molecule has 0 amide bonds. The minimum atomic E-state index is -4.23.